The van der Waals surface area contributed by atoms with E-state index in [-0.39, 0.29) is 0 Å². The molecule has 0 N–H and O–H groups in total. The third-order valence-electron chi connectivity index (χ3n) is 6.01. The van der Waals surface area contributed by atoms with Crippen molar-refractivity contribution in [2.75, 3.05) is 0 Å². The predicted molar refractivity (Wildman–Crippen MR) is 126 cm³/mol. The van der Waals surface area contributed by atoms with E-state index >= 15 is 0 Å². The summed E-state index contributed by atoms with van der Waals surface area (Å²) < 4.78 is 8.54. The van der Waals surface area contributed by atoms with Crippen molar-refractivity contribution < 1.29 is 8.98 Å². The summed E-state index contributed by atoms with van der Waals surface area (Å²) in [6.45, 7) is 9.50. The lowest BCUT2D eigenvalue weighted by atomic mass is 9.97. The van der Waals surface area contributed by atoms with Crippen molar-refractivity contribution in [2.45, 2.75) is 26.6 Å². The first kappa shape index (κ1) is 18.1. The molecule has 0 bridgehead atoms. The van der Waals surface area contributed by atoms with Gasteiger partial charge in [-0.3, -0.25) is 0 Å². The summed E-state index contributed by atoms with van der Waals surface area (Å²) >= 11 is 0. The molecule has 2 heterocycles. The number of aryl methyl sites for hydroxylation is 2. The maximum absolute atomic E-state index is 6.19. The van der Waals surface area contributed by atoms with Crippen LogP contribution in [-0.2, 0) is 7.05 Å². The van der Waals surface area contributed by atoms with Gasteiger partial charge >= 0.3 is 0 Å². The van der Waals surface area contributed by atoms with Crippen molar-refractivity contribution in [3.8, 4) is 11.3 Å². The molecule has 0 aliphatic heterocycles. The van der Waals surface area contributed by atoms with Crippen LogP contribution in [0, 0.1) is 6.92 Å². The van der Waals surface area contributed by atoms with Crippen LogP contribution in [0.1, 0.15) is 5.56 Å². The Labute approximate surface area is 172 Å². The monoisotopic (exact) mass is 396 g/mol. The van der Waals surface area contributed by atoms with E-state index in [2.05, 4.69) is 98.8 Å². The van der Waals surface area contributed by atoms with Gasteiger partial charge < -0.3 is 4.42 Å². The van der Waals surface area contributed by atoms with Crippen molar-refractivity contribution in [1.82, 2.24) is 0 Å². The maximum atomic E-state index is 6.19. The summed E-state index contributed by atoms with van der Waals surface area (Å²) in [5.74, 6) is 0. The van der Waals surface area contributed by atoms with Crippen molar-refractivity contribution in [1.29, 1.82) is 0 Å². The van der Waals surface area contributed by atoms with Gasteiger partial charge in [0.05, 0.1) is 13.6 Å². The molecule has 2 nitrogen and oxygen atoms in total. The van der Waals surface area contributed by atoms with Gasteiger partial charge in [-0.15, -0.1) is 0 Å². The molecule has 0 aliphatic carbocycles. The fraction of sp³-hybridized carbons (Fsp3) is 0.192. The summed E-state index contributed by atoms with van der Waals surface area (Å²) in [6.07, 6.45) is 0. The molecule has 0 amide bonds. The van der Waals surface area contributed by atoms with E-state index in [0.717, 1.165) is 11.2 Å². The molecular weight excluding hydrogens is 370 g/mol. The number of rotatable bonds is 2. The average molecular weight is 397 g/mol. The first-order valence-electron chi connectivity index (χ1n) is 10.2. The van der Waals surface area contributed by atoms with Crippen molar-refractivity contribution in [3.63, 3.8) is 0 Å². The Morgan fingerprint density at radius 1 is 0.793 bits per heavy atom. The number of furan rings is 1. The molecule has 3 aromatic carbocycles. The lowest BCUT2D eigenvalue weighted by Crippen LogP contribution is -2.43. The molecule has 29 heavy (non-hydrogen) atoms. The highest BCUT2D eigenvalue weighted by molar-refractivity contribution is 6.90. The van der Waals surface area contributed by atoms with Crippen LogP contribution in [0.15, 0.2) is 71.1 Å². The van der Waals surface area contributed by atoms with Gasteiger partial charge in [0.15, 0.2) is 0 Å². The van der Waals surface area contributed by atoms with Crippen LogP contribution in [-0.4, -0.2) is 8.07 Å². The number of aromatic nitrogens is 1. The quantitative estimate of drug-likeness (QED) is 0.261. The zero-order valence-electron chi connectivity index (χ0n) is 17.7. The number of fused-ring (bicyclic) bond motifs is 4. The van der Waals surface area contributed by atoms with Crippen LogP contribution in [0.2, 0.25) is 19.6 Å². The molecular formula is C26H26NOSi+. The van der Waals surface area contributed by atoms with Crippen LogP contribution in [0.25, 0.3) is 44.1 Å². The second-order valence-electron chi connectivity index (χ2n) is 9.00. The highest BCUT2D eigenvalue weighted by atomic mass is 28.3. The largest absolute Gasteiger partial charge is 0.456 e. The van der Waals surface area contributed by atoms with Gasteiger partial charge in [-0.1, -0.05) is 56.0 Å². The molecule has 0 unspecified atom stereocenters. The number of benzene rings is 3. The van der Waals surface area contributed by atoms with Gasteiger partial charge in [0, 0.05) is 28.3 Å². The van der Waals surface area contributed by atoms with Gasteiger partial charge in [-0.25, -0.2) is 0 Å². The standard InChI is InChI=1S/C26H26NOSi/c1-17-14-15-23-26(19-11-7-9-13-22(19)28-23)25(17)21-16-24(29(3,4)5)18-10-6-8-12-20(18)27(21)2/h6-16H,1-5H3/q+1. The zero-order chi connectivity index (χ0) is 20.3. The highest BCUT2D eigenvalue weighted by Gasteiger charge is 2.28. The van der Waals surface area contributed by atoms with Gasteiger partial charge in [0.1, 0.15) is 18.2 Å². The minimum absolute atomic E-state index is 0.947. The lowest BCUT2D eigenvalue weighted by molar-refractivity contribution is -0.633. The van der Waals surface area contributed by atoms with Crippen LogP contribution in [0.5, 0.6) is 0 Å². The minimum Gasteiger partial charge on any atom is -0.456 e. The van der Waals surface area contributed by atoms with Gasteiger partial charge in [-0.05, 0) is 35.9 Å². The number of para-hydroxylation sites is 2. The fourth-order valence-electron chi connectivity index (χ4n) is 4.55. The Morgan fingerprint density at radius 2 is 1.48 bits per heavy atom. The maximum Gasteiger partial charge on any atom is 0.213 e. The van der Waals surface area contributed by atoms with E-state index in [4.69, 9.17) is 4.42 Å². The zero-order valence-corrected chi connectivity index (χ0v) is 18.7. The molecule has 0 saturated carbocycles. The normalized spacial score (nSPS) is 12.3. The molecule has 0 fully saturated rings. The smallest absolute Gasteiger partial charge is 0.213 e. The summed E-state index contributed by atoms with van der Waals surface area (Å²) in [7, 11) is 0.643. The van der Waals surface area contributed by atoms with Crippen molar-refractivity contribution in [2.24, 2.45) is 7.05 Å². The number of hydrogen-bond acceptors (Lipinski definition) is 1. The molecule has 0 atom stereocenters. The van der Waals surface area contributed by atoms with E-state index in [1.807, 2.05) is 6.07 Å². The highest BCUT2D eigenvalue weighted by Crippen LogP contribution is 2.37. The molecule has 0 spiro atoms. The molecule has 0 saturated heterocycles. The predicted octanol–water partition coefficient (Wildman–Crippen LogP) is 6.08. The van der Waals surface area contributed by atoms with Gasteiger partial charge in [0.2, 0.25) is 11.2 Å². The van der Waals surface area contributed by atoms with Crippen molar-refractivity contribution in [3.05, 3.63) is 72.3 Å². The van der Waals surface area contributed by atoms with Crippen LogP contribution < -0.4 is 9.75 Å². The second kappa shape index (κ2) is 6.29. The Balaban J connectivity index is 1.98. The minimum atomic E-state index is -1.54. The third kappa shape index (κ3) is 2.72. The Hall–Kier alpha value is -2.91. The number of pyridine rings is 1. The van der Waals surface area contributed by atoms with Crippen LogP contribution in [0.4, 0.5) is 0 Å². The van der Waals surface area contributed by atoms with Crippen LogP contribution >= 0.6 is 0 Å². The Bertz CT molecular complexity index is 1410. The molecule has 5 aromatic rings. The SMILES string of the molecule is Cc1ccc2oc3ccccc3c2c1-c1cc([Si](C)(C)C)c2ccccc2[n+]1C. The Morgan fingerprint density at radius 3 is 2.24 bits per heavy atom. The van der Waals surface area contributed by atoms with Crippen LogP contribution in [0.3, 0.4) is 0 Å². The molecule has 3 heteroatoms. The van der Waals surface area contributed by atoms with E-state index in [9.17, 15) is 0 Å². The van der Waals surface area contributed by atoms with Crippen molar-refractivity contribution >= 4 is 46.1 Å². The number of nitrogens with zero attached hydrogens (tertiary/aromatic N) is 1. The van der Waals surface area contributed by atoms with E-state index < -0.39 is 8.07 Å². The first-order valence-corrected chi connectivity index (χ1v) is 13.7. The first-order chi connectivity index (χ1) is 13.9. The molecule has 0 radical (unpaired) electrons. The molecule has 0 aliphatic rings. The third-order valence-corrected chi connectivity index (χ3v) is 8.04. The summed E-state index contributed by atoms with van der Waals surface area (Å²) in [6, 6.07) is 23.9. The molecule has 5 rings (SSSR count). The fourth-order valence-corrected chi connectivity index (χ4v) is 6.14. The topological polar surface area (TPSA) is 17.0 Å². The lowest BCUT2D eigenvalue weighted by Gasteiger charge is -2.20. The molecule has 144 valence electrons. The van der Waals surface area contributed by atoms with Gasteiger partial charge in [-0.2, -0.15) is 4.57 Å². The molecule has 2 aromatic heterocycles. The number of hydrogen-bond donors (Lipinski definition) is 0. The van der Waals surface area contributed by atoms with Gasteiger partial charge in [0.25, 0.3) is 0 Å². The van der Waals surface area contributed by atoms with E-state index in [1.54, 1.807) is 0 Å². The average Bonchev–Trinajstić information content (AvgIpc) is 3.07. The van der Waals surface area contributed by atoms with E-state index in [1.165, 1.54) is 43.7 Å². The van der Waals surface area contributed by atoms with E-state index in [0.29, 0.717) is 0 Å². The summed E-state index contributed by atoms with van der Waals surface area (Å²) in [4.78, 5) is 0. The second-order valence-corrected chi connectivity index (χ2v) is 14.0. The summed E-state index contributed by atoms with van der Waals surface area (Å²) in [5, 5.41) is 5.28. The Kier molecular flexibility index (Phi) is 3.94. The summed E-state index contributed by atoms with van der Waals surface area (Å²) in [5.41, 5.74) is 7.00.